The van der Waals surface area contributed by atoms with Gasteiger partial charge in [0.2, 0.25) is 12.1 Å². The molecule has 5 nitrogen and oxygen atoms in total. The summed E-state index contributed by atoms with van der Waals surface area (Å²) in [6.07, 6.45) is 3.54. The van der Waals surface area contributed by atoms with E-state index in [-0.39, 0.29) is 12.0 Å². The molecule has 70 valence electrons. The second-order valence-corrected chi connectivity index (χ2v) is 2.96. The number of carbonyl (C=O) groups is 1. The van der Waals surface area contributed by atoms with Gasteiger partial charge in [0, 0.05) is 6.61 Å². The molecule has 0 bridgehead atoms. The van der Waals surface area contributed by atoms with Crippen molar-refractivity contribution < 1.29 is 14.1 Å². The van der Waals surface area contributed by atoms with Gasteiger partial charge in [0.25, 0.3) is 5.89 Å². The molecule has 2 rings (SSSR count). The Hall–Kier alpha value is -1.23. The van der Waals surface area contributed by atoms with Crippen LogP contribution >= 0.6 is 0 Å². The van der Waals surface area contributed by atoms with Crippen LogP contribution < -0.4 is 0 Å². The molecule has 1 aromatic rings. The zero-order valence-electron chi connectivity index (χ0n) is 7.10. The first-order valence-electron chi connectivity index (χ1n) is 4.30. The molecule has 1 fully saturated rings. The van der Waals surface area contributed by atoms with Crippen LogP contribution in [-0.4, -0.2) is 23.0 Å². The predicted octanol–water partition coefficient (Wildman–Crippen LogP) is 1.12. The fraction of sp³-hybridized carbons (Fsp3) is 0.625. The van der Waals surface area contributed by atoms with E-state index in [1.165, 1.54) is 0 Å². The van der Waals surface area contributed by atoms with Gasteiger partial charge in [-0.25, -0.2) is 0 Å². The van der Waals surface area contributed by atoms with E-state index in [0.29, 0.717) is 12.1 Å². The summed E-state index contributed by atoms with van der Waals surface area (Å²) in [6.45, 7) is 0.732. The number of ether oxygens (including phenoxy) is 1. The van der Waals surface area contributed by atoms with Gasteiger partial charge in [-0.1, -0.05) is 5.16 Å². The summed E-state index contributed by atoms with van der Waals surface area (Å²) in [4.78, 5) is 14.1. The lowest BCUT2D eigenvalue weighted by Gasteiger charge is -2.18. The Balaban J connectivity index is 2.09. The van der Waals surface area contributed by atoms with Crippen LogP contribution in [-0.2, 0) is 4.74 Å². The van der Waals surface area contributed by atoms with Crippen molar-refractivity contribution in [1.29, 1.82) is 0 Å². The van der Waals surface area contributed by atoms with Crippen LogP contribution in [0.2, 0.25) is 0 Å². The maximum absolute atomic E-state index is 10.3. The third-order valence-corrected chi connectivity index (χ3v) is 2.03. The second-order valence-electron chi connectivity index (χ2n) is 2.96. The summed E-state index contributed by atoms with van der Waals surface area (Å²) in [5.41, 5.74) is 0. The molecule has 1 aromatic heterocycles. The molecule has 0 spiro atoms. The van der Waals surface area contributed by atoms with Crippen molar-refractivity contribution in [2.45, 2.75) is 25.4 Å². The minimum absolute atomic E-state index is 0.0178. The van der Waals surface area contributed by atoms with E-state index in [4.69, 9.17) is 4.74 Å². The highest BCUT2D eigenvalue weighted by Crippen LogP contribution is 2.25. The van der Waals surface area contributed by atoms with E-state index >= 15 is 0 Å². The first-order chi connectivity index (χ1) is 6.40. The Morgan fingerprint density at radius 1 is 1.46 bits per heavy atom. The van der Waals surface area contributed by atoms with Gasteiger partial charge in [0.15, 0.2) is 0 Å². The molecule has 2 heterocycles. The summed E-state index contributed by atoms with van der Waals surface area (Å²) < 4.78 is 10.1. The lowest BCUT2D eigenvalue weighted by molar-refractivity contribution is 0.00821. The quantitative estimate of drug-likeness (QED) is 0.641. The van der Waals surface area contributed by atoms with E-state index in [9.17, 15) is 4.79 Å². The van der Waals surface area contributed by atoms with Gasteiger partial charge in [0.05, 0.1) is 0 Å². The Labute approximate surface area is 75.1 Å². The van der Waals surface area contributed by atoms with E-state index in [1.807, 2.05) is 0 Å². The molecular formula is C8H10N2O3. The van der Waals surface area contributed by atoms with Crippen molar-refractivity contribution in [2.75, 3.05) is 6.61 Å². The fourth-order valence-corrected chi connectivity index (χ4v) is 1.37. The second kappa shape index (κ2) is 3.66. The van der Waals surface area contributed by atoms with Gasteiger partial charge >= 0.3 is 0 Å². The molecule has 0 saturated carbocycles. The fourth-order valence-electron chi connectivity index (χ4n) is 1.37. The molecule has 1 aliphatic heterocycles. The van der Waals surface area contributed by atoms with Gasteiger partial charge in [-0.15, -0.1) is 0 Å². The number of aldehydes is 1. The molecule has 0 aliphatic carbocycles. The molecule has 1 atom stereocenters. The number of hydrogen-bond acceptors (Lipinski definition) is 5. The Morgan fingerprint density at radius 3 is 3.00 bits per heavy atom. The van der Waals surface area contributed by atoms with Crippen LogP contribution in [0.3, 0.4) is 0 Å². The van der Waals surface area contributed by atoms with Gasteiger partial charge in [-0.05, 0) is 19.3 Å². The van der Waals surface area contributed by atoms with E-state index in [1.54, 1.807) is 0 Å². The molecular weight excluding hydrogens is 172 g/mol. The molecule has 1 unspecified atom stereocenters. The molecule has 5 heteroatoms. The lowest BCUT2D eigenvalue weighted by atomic mass is 10.1. The van der Waals surface area contributed by atoms with Crippen molar-refractivity contribution in [1.82, 2.24) is 10.1 Å². The van der Waals surface area contributed by atoms with Gasteiger partial charge in [0.1, 0.15) is 6.10 Å². The first kappa shape index (κ1) is 8.37. The van der Waals surface area contributed by atoms with Crippen LogP contribution in [0.25, 0.3) is 0 Å². The number of rotatable bonds is 2. The van der Waals surface area contributed by atoms with E-state index in [2.05, 4.69) is 14.7 Å². The van der Waals surface area contributed by atoms with E-state index in [0.717, 1.165) is 25.9 Å². The van der Waals surface area contributed by atoms with Crippen LogP contribution in [0.5, 0.6) is 0 Å². The average molecular weight is 182 g/mol. The van der Waals surface area contributed by atoms with Crippen molar-refractivity contribution >= 4 is 6.29 Å². The first-order valence-corrected chi connectivity index (χ1v) is 4.30. The van der Waals surface area contributed by atoms with Crippen LogP contribution in [0.15, 0.2) is 4.52 Å². The number of aromatic nitrogens is 2. The molecule has 0 aromatic carbocycles. The van der Waals surface area contributed by atoms with E-state index < -0.39 is 0 Å². The van der Waals surface area contributed by atoms with Crippen molar-refractivity contribution in [3.8, 4) is 0 Å². The predicted molar refractivity (Wildman–Crippen MR) is 42.2 cm³/mol. The number of nitrogens with zero attached hydrogens (tertiary/aromatic N) is 2. The largest absolute Gasteiger partial charge is 0.370 e. The van der Waals surface area contributed by atoms with Crippen molar-refractivity contribution in [3.63, 3.8) is 0 Å². The minimum atomic E-state index is -0.0915. The summed E-state index contributed by atoms with van der Waals surface area (Å²) >= 11 is 0. The molecule has 13 heavy (non-hydrogen) atoms. The number of hydrogen-bond donors (Lipinski definition) is 0. The molecule has 0 amide bonds. The van der Waals surface area contributed by atoms with Gasteiger partial charge in [-0.2, -0.15) is 4.98 Å². The Kier molecular flexibility index (Phi) is 2.35. The molecule has 0 N–H and O–H groups in total. The normalized spacial score (nSPS) is 22.9. The number of carbonyl (C=O) groups excluding carboxylic acids is 1. The van der Waals surface area contributed by atoms with Crippen LogP contribution in [0.1, 0.15) is 41.9 Å². The molecule has 1 saturated heterocycles. The SMILES string of the molecule is O=Cc1nc(C2CCCCO2)no1. The van der Waals surface area contributed by atoms with Gasteiger partial charge in [-0.3, -0.25) is 4.79 Å². The molecule has 0 radical (unpaired) electrons. The standard InChI is InChI=1S/C8H10N2O3/c11-5-7-9-8(10-13-7)6-3-1-2-4-12-6/h5-6H,1-4H2. The van der Waals surface area contributed by atoms with Gasteiger partial charge < -0.3 is 9.26 Å². The average Bonchev–Trinajstić information content (AvgIpc) is 2.67. The highest BCUT2D eigenvalue weighted by molar-refractivity contribution is 5.66. The highest BCUT2D eigenvalue weighted by atomic mass is 16.5. The zero-order valence-corrected chi connectivity index (χ0v) is 7.10. The Morgan fingerprint density at radius 2 is 2.38 bits per heavy atom. The topological polar surface area (TPSA) is 65.2 Å². The summed E-state index contributed by atoms with van der Waals surface area (Å²) in [6, 6.07) is 0. The smallest absolute Gasteiger partial charge is 0.290 e. The lowest BCUT2D eigenvalue weighted by Crippen LogP contribution is -2.12. The summed E-state index contributed by atoms with van der Waals surface area (Å²) in [5.74, 6) is 0.506. The minimum Gasteiger partial charge on any atom is -0.370 e. The van der Waals surface area contributed by atoms with Crippen LogP contribution in [0.4, 0.5) is 0 Å². The third-order valence-electron chi connectivity index (χ3n) is 2.03. The molecule has 1 aliphatic rings. The maximum Gasteiger partial charge on any atom is 0.290 e. The monoisotopic (exact) mass is 182 g/mol. The maximum atomic E-state index is 10.3. The Bertz CT molecular complexity index is 291. The summed E-state index contributed by atoms with van der Waals surface area (Å²) in [7, 11) is 0. The van der Waals surface area contributed by atoms with Crippen molar-refractivity contribution in [2.24, 2.45) is 0 Å². The van der Waals surface area contributed by atoms with Crippen molar-refractivity contribution in [3.05, 3.63) is 11.7 Å². The highest BCUT2D eigenvalue weighted by Gasteiger charge is 2.21. The third kappa shape index (κ3) is 1.75. The van der Waals surface area contributed by atoms with Crippen LogP contribution in [0, 0.1) is 0 Å². The summed E-state index contributed by atoms with van der Waals surface area (Å²) in [5, 5.41) is 3.67. The zero-order chi connectivity index (χ0) is 9.10.